The normalized spacial score (nSPS) is 12.5. The molecule has 0 saturated carbocycles. The monoisotopic (exact) mass is 268 g/mol. The Kier molecular flexibility index (Phi) is 6.13. The second kappa shape index (κ2) is 7.37. The van der Waals surface area contributed by atoms with Crippen LogP contribution in [0.15, 0.2) is 12.1 Å². The van der Waals surface area contributed by atoms with E-state index in [1.54, 1.807) is 6.92 Å². The number of hydrogen-bond acceptors (Lipinski definition) is 1. The van der Waals surface area contributed by atoms with Crippen LogP contribution in [0.5, 0.6) is 0 Å². The molecule has 1 aromatic carbocycles. The van der Waals surface area contributed by atoms with Gasteiger partial charge in [0.25, 0.3) is 0 Å². The van der Waals surface area contributed by atoms with Gasteiger partial charge in [0, 0.05) is 12.5 Å². The van der Waals surface area contributed by atoms with Crippen molar-refractivity contribution in [3.8, 4) is 0 Å². The van der Waals surface area contributed by atoms with E-state index < -0.39 is 11.6 Å². The third kappa shape index (κ3) is 4.41. The van der Waals surface area contributed by atoms with Gasteiger partial charge in [-0.2, -0.15) is 0 Å². The molecule has 19 heavy (non-hydrogen) atoms. The van der Waals surface area contributed by atoms with Crippen LogP contribution in [0.1, 0.15) is 61.9 Å². The summed E-state index contributed by atoms with van der Waals surface area (Å²) in [6.07, 6.45) is 4.41. The van der Waals surface area contributed by atoms with E-state index in [0.717, 1.165) is 31.7 Å². The summed E-state index contributed by atoms with van der Waals surface area (Å²) in [5.41, 5.74) is 0.334. The molecule has 1 nitrogen and oxygen atoms in total. The minimum absolute atomic E-state index is 0.0221. The van der Waals surface area contributed by atoms with Gasteiger partial charge in [0.2, 0.25) is 0 Å². The first-order valence-electron chi connectivity index (χ1n) is 6.98. The number of hydrogen-bond donors (Lipinski definition) is 0. The van der Waals surface area contributed by atoms with Crippen molar-refractivity contribution in [2.24, 2.45) is 5.92 Å². The third-order valence-corrected chi connectivity index (χ3v) is 3.57. The molecule has 0 aliphatic rings. The Labute approximate surface area is 114 Å². The highest BCUT2D eigenvalue weighted by molar-refractivity contribution is 5.96. The fraction of sp³-hybridized carbons (Fsp3) is 0.562. The fourth-order valence-electron chi connectivity index (χ4n) is 2.19. The van der Waals surface area contributed by atoms with Crippen LogP contribution in [0.25, 0.3) is 0 Å². The van der Waals surface area contributed by atoms with Crippen LogP contribution >= 0.6 is 0 Å². The van der Waals surface area contributed by atoms with Crippen molar-refractivity contribution in [1.82, 2.24) is 0 Å². The maximum atomic E-state index is 13.6. The number of halogens is 2. The lowest BCUT2D eigenvalue weighted by Crippen LogP contribution is -2.11. The van der Waals surface area contributed by atoms with E-state index in [0.29, 0.717) is 12.0 Å². The Hall–Kier alpha value is -1.25. The van der Waals surface area contributed by atoms with Gasteiger partial charge in [-0.1, -0.05) is 39.5 Å². The lowest BCUT2D eigenvalue weighted by molar-refractivity contribution is 0.0953. The van der Waals surface area contributed by atoms with E-state index in [4.69, 9.17) is 0 Å². The van der Waals surface area contributed by atoms with Crippen LogP contribution in [0.4, 0.5) is 8.78 Å². The van der Waals surface area contributed by atoms with Crippen molar-refractivity contribution < 1.29 is 13.6 Å². The SMILES string of the molecule is CCCCC(CC)CC(=O)c1cc(C)c(F)cc1F. The molecule has 0 N–H and O–H groups in total. The molecule has 0 bridgehead atoms. The Bertz CT molecular complexity index is 441. The number of ketones is 1. The highest BCUT2D eigenvalue weighted by atomic mass is 19.1. The van der Waals surface area contributed by atoms with Crippen molar-refractivity contribution >= 4 is 5.78 Å². The predicted octanol–water partition coefficient (Wildman–Crippen LogP) is 5.06. The maximum Gasteiger partial charge on any atom is 0.166 e. The Morgan fingerprint density at radius 1 is 1.21 bits per heavy atom. The fourth-order valence-corrected chi connectivity index (χ4v) is 2.19. The highest BCUT2D eigenvalue weighted by Gasteiger charge is 2.18. The quantitative estimate of drug-likeness (QED) is 0.631. The zero-order valence-electron chi connectivity index (χ0n) is 11.9. The predicted molar refractivity (Wildman–Crippen MR) is 73.3 cm³/mol. The topological polar surface area (TPSA) is 17.1 Å². The largest absolute Gasteiger partial charge is 0.294 e. The van der Waals surface area contributed by atoms with Crippen molar-refractivity contribution in [3.05, 3.63) is 34.9 Å². The van der Waals surface area contributed by atoms with Crippen molar-refractivity contribution in [3.63, 3.8) is 0 Å². The van der Waals surface area contributed by atoms with Gasteiger partial charge < -0.3 is 0 Å². The number of Topliss-reactive ketones (excluding diaryl/α,β-unsaturated/α-hetero) is 1. The molecule has 0 radical (unpaired) electrons. The van der Waals surface area contributed by atoms with E-state index >= 15 is 0 Å². The van der Waals surface area contributed by atoms with Crippen LogP contribution in [-0.2, 0) is 0 Å². The molecular formula is C16H22F2O. The van der Waals surface area contributed by atoms with Crippen LogP contribution in [0, 0.1) is 24.5 Å². The molecule has 0 spiro atoms. The van der Waals surface area contributed by atoms with Crippen molar-refractivity contribution in [2.75, 3.05) is 0 Å². The molecule has 0 heterocycles. The summed E-state index contributed by atoms with van der Waals surface area (Å²) in [7, 11) is 0. The minimum atomic E-state index is -0.751. The molecule has 0 saturated heterocycles. The van der Waals surface area contributed by atoms with Gasteiger partial charge in [-0.25, -0.2) is 8.78 Å². The van der Waals surface area contributed by atoms with Crippen LogP contribution in [0.2, 0.25) is 0 Å². The van der Waals surface area contributed by atoms with Gasteiger partial charge >= 0.3 is 0 Å². The number of rotatable bonds is 7. The molecule has 1 rings (SSSR count). The van der Waals surface area contributed by atoms with Gasteiger partial charge in [-0.15, -0.1) is 0 Å². The molecule has 0 aliphatic heterocycles. The van der Waals surface area contributed by atoms with E-state index in [2.05, 4.69) is 6.92 Å². The standard InChI is InChI=1S/C16H22F2O/c1-4-6-7-12(5-2)9-16(19)13-8-11(3)14(17)10-15(13)18/h8,10,12H,4-7,9H2,1-3H3. The van der Waals surface area contributed by atoms with E-state index in [-0.39, 0.29) is 17.3 Å². The first-order valence-corrected chi connectivity index (χ1v) is 6.98. The molecule has 1 aromatic rings. The summed E-state index contributed by atoms with van der Waals surface area (Å²) in [5, 5.41) is 0. The summed E-state index contributed by atoms with van der Waals surface area (Å²) in [4.78, 5) is 12.1. The van der Waals surface area contributed by atoms with Crippen LogP contribution in [0.3, 0.4) is 0 Å². The minimum Gasteiger partial charge on any atom is -0.294 e. The van der Waals surface area contributed by atoms with Gasteiger partial charge in [0.1, 0.15) is 11.6 Å². The third-order valence-electron chi connectivity index (χ3n) is 3.57. The molecule has 0 aliphatic carbocycles. The molecule has 0 amide bonds. The van der Waals surface area contributed by atoms with Gasteiger partial charge in [-0.3, -0.25) is 4.79 Å². The van der Waals surface area contributed by atoms with Gasteiger partial charge in [-0.05, 0) is 24.5 Å². The van der Waals surface area contributed by atoms with Crippen molar-refractivity contribution in [2.45, 2.75) is 52.9 Å². The first kappa shape index (κ1) is 15.8. The second-order valence-corrected chi connectivity index (χ2v) is 5.13. The summed E-state index contributed by atoms with van der Waals surface area (Å²) < 4.78 is 26.8. The first-order chi connectivity index (χ1) is 8.99. The van der Waals surface area contributed by atoms with E-state index in [1.807, 2.05) is 6.92 Å². The van der Waals surface area contributed by atoms with E-state index in [1.165, 1.54) is 6.07 Å². The Morgan fingerprint density at radius 3 is 2.47 bits per heavy atom. The average Bonchev–Trinajstić information content (AvgIpc) is 2.38. The summed E-state index contributed by atoms with van der Waals surface area (Å²) >= 11 is 0. The Balaban J connectivity index is 2.79. The molecule has 0 fully saturated rings. The molecule has 106 valence electrons. The molecular weight excluding hydrogens is 246 g/mol. The summed E-state index contributed by atoms with van der Waals surface area (Å²) in [6, 6.07) is 2.12. The van der Waals surface area contributed by atoms with E-state index in [9.17, 15) is 13.6 Å². The smallest absolute Gasteiger partial charge is 0.166 e. The van der Waals surface area contributed by atoms with Crippen molar-refractivity contribution in [1.29, 1.82) is 0 Å². The number of carbonyl (C=O) groups excluding carboxylic acids is 1. The number of carbonyl (C=O) groups is 1. The van der Waals surface area contributed by atoms with Crippen LogP contribution in [-0.4, -0.2) is 5.78 Å². The summed E-state index contributed by atoms with van der Waals surface area (Å²) in [5.74, 6) is -1.29. The second-order valence-electron chi connectivity index (χ2n) is 5.13. The maximum absolute atomic E-state index is 13.6. The number of aryl methyl sites for hydroxylation is 1. The number of unbranched alkanes of at least 4 members (excludes halogenated alkanes) is 1. The number of benzene rings is 1. The summed E-state index contributed by atoms with van der Waals surface area (Å²) in [6.45, 7) is 5.69. The van der Waals surface area contributed by atoms with Crippen LogP contribution < -0.4 is 0 Å². The van der Waals surface area contributed by atoms with Gasteiger partial charge in [0.05, 0.1) is 5.56 Å². The molecule has 3 heteroatoms. The molecule has 1 atom stereocenters. The molecule has 0 aromatic heterocycles. The Morgan fingerprint density at radius 2 is 1.89 bits per heavy atom. The van der Waals surface area contributed by atoms with Gasteiger partial charge in [0.15, 0.2) is 5.78 Å². The zero-order valence-corrected chi connectivity index (χ0v) is 11.9. The molecule has 1 unspecified atom stereocenters. The highest BCUT2D eigenvalue weighted by Crippen LogP contribution is 2.22. The lowest BCUT2D eigenvalue weighted by Gasteiger charge is -2.14. The lowest BCUT2D eigenvalue weighted by atomic mass is 9.91. The average molecular weight is 268 g/mol. The zero-order chi connectivity index (χ0) is 14.4.